The first-order valence-electron chi connectivity index (χ1n) is 10.5. The van der Waals surface area contributed by atoms with Gasteiger partial charge in [0, 0.05) is 36.3 Å². The van der Waals surface area contributed by atoms with E-state index in [2.05, 4.69) is 16.0 Å². The SMILES string of the molecule is C[C@@]1(c2sc(-c3cncc(N4CCOCC4)c3)cc2Cl)CS(=O)(=O)C2(CCOC2)C(N)=N1. The maximum atomic E-state index is 13.3. The second-order valence-electron chi connectivity index (χ2n) is 8.65. The van der Waals surface area contributed by atoms with Gasteiger partial charge in [-0.3, -0.25) is 9.98 Å². The third kappa shape index (κ3) is 3.52. The van der Waals surface area contributed by atoms with Crippen LogP contribution in [-0.4, -0.2) is 69.3 Å². The molecule has 2 fully saturated rings. The molecule has 0 aromatic carbocycles. The molecule has 0 radical (unpaired) electrons. The summed E-state index contributed by atoms with van der Waals surface area (Å²) in [6.45, 7) is 5.22. The summed E-state index contributed by atoms with van der Waals surface area (Å²) in [6.07, 6.45) is 3.97. The Bertz CT molecular complexity index is 1170. The summed E-state index contributed by atoms with van der Waals surface area (Å²) in [5, 5.41) is 0.481. The fourth-order valence-corrected chi connectivity index (χ4v) is 8.56. The van der Waals surface area contributed by atoms with E-state index >= 15 is 0 Å². The summed E-state index contributed by atoms with van der Waals surface area (Å²) >= 11 is 8.07. The van der Waals surface area contributed by atoms with E-state index in [9.17, 15) is 8.42 Å². The number of hydrogen-bond donors (Lipinski definition) is 1. The van der Waals surface area contributed by atoms with Gasteiger partial charge in [0.2, 0.25) is 0 Å². The molecule has 1 unspecified atom stereocenters. The maximum Gasteiger partial charge on any atom is 0.168 e. The van der Waals surface area contributed by atoms with E-state index in [4.69, 9.17) is 31.8 Å². The Kier molecular flexibility index (Phi) is 5.49. The molecule has 2 N–H and O–H groups in total. The first kappa shape index (κ1) is 22.1. The lowest BCUT2D eigenvalue weighted by Crippen LogP contribution is -2.58. The molecule has 3 aliphatic heterocycles. The Hall–Kier alpha value is -1.72. The number of amidine groups is 1. The fourth-order valence-electron chi connectivity index (χ4n) is 4.61. The van der Waals surface area contributed by atoms with E-state index in [0.717, 1.165) is 29.2 Å². The van der Waals surface area contributed by atoms with Gasteiger partial charge >= 0.3 is 0 Å². The molecule has 32 heavy (non-hydrogen) atoms. The van der Waals surface area contributed by atoms with Crippen LogP contribution in [0.5, 0.6) is 0 Å². The number of sulfone groups is 1. The van der Waals surface area contributed by atoms with Crippen molar-refractivity contribution >= 4 is 44.3 Å². The van der Waals surface area contributed by atoms with Crippen LogP contribution in [0.3, 0.4) is 0 Å². The molecular formula is C21H25ClN4O4S2. The van der Waals surface area contributed by atoms with Crippen LogP contribution in [0.2, 0.25) is 5.02 Å². The number of rotatable bonds is 3. The van der Waals surface area contributed by atoms with Gasteiger partial charge in [0.15, 0.2) is 14.6 Å². The summed E-state index contributed by atoms with van der Waals surface area (Å²) in [7, 11) is -3.58. The summed E-state index contributed by atoms with van der Waals surface area (Å²) in [4.78, 5) is 12.9. The molecular weight excluding hydrogens is 472 g/mol. The second-order valence-corrected chi connectivity index (χ2v) is 12.4. The maximum absolute atomic E-state index is 13.3. The number of anilines is 1. The number of nitrogens with two attached hydrogens (primary N) is 1. The minimum absolute atomic E-state index is 0.0597. The van der Waals surface area contributed by atoms with Crippen molar-refractivity contribution in [1.29, 1.82) is 0 Å². The summed E-state index contributed by atoms with van der Waals surface area (Å²) < 4.78 is 36.2. The van der Waals surface area contributed by atoms with Crippen molar-refractivity contribution in [3.8, 4) is 10.4 Å². The molecule has 2 atom stereocenters. The lowest BCUT2D eigenvalue weighted by atomic mass is 10.0. The predicted octanol–water partition coefficient (Wildman–Crippen LogP) is 2.46. The van der Waals surface area contributed by atoms with Gasteiger partial charge in [-0.25, -0.2) is 8.42 Å². The van der Waals surface area contributed by atoms with Crippen LogP contribution in [0.1, 0.15) is 18.2 Å². The van der Waals surface area contributed by atoms with Crippen molar-refractivity contribution in [3.05, 3.63) is 34.4 Å². The van der Waals surface area contributed by atoms with E-state index in [1.54, 1.807) is 13.1 Å². The molecule has 1 spiro atoms. The van der Waals surface area contributed by atoms with Gasteiger partial charge in [0.1, 0.15) is 11.4 Å². The molecule has 5 rings (SSSR count). The monoisotopic (exact) mass is 496 g/mol. The van der Waals surface area contributed by atoms with Gasteiger partial charge in [-0.1, -0.05) is 11.6 Å². The smallest absolute Gasteiger partial charge is 0.168 e. The van der Waals surface area contributed by atoms with Gasteiger partial charge < -0.3 is 20.1 Å². The summed E-state index contributed by atoms with van der Waals surface area (Å²) in [6, 6.07) is 3.93. The normalized spacial score (nSPS) is 29.9. The van der Waals surface area contributed by atoms with E-state index < -0.39 is 20.1 Å². The summed E-state index contributed by atoms with van der Waals surface area (Å²) in [5.74, 6) is -0.0405. The van der Waals surface area contributed by atoms with E-state index in [-0.39, 0.29) is 18.2 Å². The van der Waals surface area contributed by atoms with Crippen LogP contribution in [0.15, 0.2) is 29.5 Å². The molecule has 0 saturated carbocycles. The Balaban J connectivity index is 1.51. The van der Waals surface area contributed by atoms with Crippen LogP contribution < -0.4 is 10.6 Å². The molecule has 0 aliphatic carbocycles. The molecule has 2 saturated heterocycles. The number of thiophene rings is 1. The molecule has 2 aromatic rings. The van der Waals surface area contributed by atoms with Crippen molar-refractivity contribution in [1.82, 2.24) is 4.98 Å². The van der Waals surface area contributed by atoms with E-state index in [0.29, 0.717) is 36.1 Å². The highest BCUT2D eigenvalue weighted by molar-refractivity contribution is 7.93. The van der Waals surface area contributed by atoms with Gasteiger partial charge in [0.25, 0.3) is 0 Å². The minimum atomic E-state index is -3.58. The molecule has 8 nitrogen and oxygen atoms in total. The molecule has 3 aliphatic rings. The first-order chi connectivity index (χ1) is 15.2. The predicted molar refractivity (Wildman–Crippen MR) is 127 cm³/mol. The Morgan fingerprint density at radius 2 is 1.97 bits per heavy atom. The average molecular weight is 497 g/mol. The van der Waals surface area contributed by atoms with Crippen LogP contribution in [0.4, 0.5) is 5.69 Å². The zero-order valence-corrected chi connectivity index (χ0v) is 20.1. The number of aliphatic imine (C=N–C) groups is 1. The Morgan fingerprint density at radius 3 is 2.66 bits per heavy atom. The highest BCUT2D eigenvalue weighted by atomic mass is 35.5. The van der Waals surface area contributed by atoms with E-state index in [1.807, 2.05) is 12.3 Å². The molecule has 0 bridgehead atoms. The Morgan fingerprint density at radius 1 is 1.19 bits per heavy atom. The average Bonchev–Trinajstić information content (AvgIpc) is 3.42. The van der Waals surface area contributed by atoms with Crippen LogP contribution >= 0.6 is 22.9 Å². The highest BCUT2D eigenvalue weighted by Crippen LogP contribution is 2.47. The third-order valence-corrected chi connectivity index (χ3v) is 11.0. The standard InChI is InChI=1S/C21H25ClN4O4S2/c1-20(13-32(27,28)21(19(23)25-20)2-5-30-12-21)18-16(22)9-17(31-18)14-8-15(11-24-10-14)26-3-6-29-7-4-26/h8-11H,2-7,12-13H2,1H3,(H2,23,25)/t20-,21?/m0/s1. The zero-order valence-electron chi connectivity index (χ0n) is 17.7. The van der Waals surface area contributed by atoms with Crippen molar-refractivity contribution in [2.45, 2.75) is 23.6 Å². The molecule has 11 heteroatoms. The number of ether oxygens (including phenoxy) is 2. The number of aromatic nitrogens is 1. The summed E-state index contributed by atoms with van der Waals surface area (Å²) in [5.41, 5.74) is 7.16. The van der Waals surface area contributed by atoms with Crippen LogP contribution in [0.25, 0.3) is 10.4 Å². The van der Waals surface area contributed by atoms with Crippen LogP contribution in [0, 0.1) is 0 Å². The van der Waals surface area contributed by atoms with Crippen molar-refractivity contribution in [3.63, 3.8) is 0 Å². The van der Waals surface area contributed by atoms with Gasteiger partial charge in [-0.05, 0) is 25.5 Å². The molecule has 0 amide bonds. The number of hydrogen-bond acceptors (Lipinski definition) is 9. The minimum Gasteiger partial charge on any atom is -0.386 e. The lowest BCUT2D eigenvalue weighted by Gasteiger charge is -2.38. The van der Waals surface area contributed by atoms with Crippen molar-refractivity contribution in [2.24, 2.45) is 10.7 Å². The molecule has 5 heterocycles. The lowest BCUT2D eigenvalue weighted by molar-refractivity contribution is 0.122. The fraction of sp³-hybridized carbons (Fsp3) is 0.524. The van der Waals surface area contributed by atoms with Gasteiger partial charge in [-0.2, -0.15) is 0 Å². The highest BCUT2D eigenvalue weighted by Gasteiger charge is 2.57. The second kappa shape index (κ2) is 7.95. The number of pyridine rings is 1. The largest absolute Gasteiger partial charge is 0.386 e. The number of nitrogens with zero attached hydrogens (tertiary/aromatic N) is 3. The number of morpholine rings is 1. The van der Waals surface area contributed by atoms with Crippen LogP contribution in [-0.2, 0) is 24.8 Å². The third-order valence-electron chi connectivity index (χ3n) is 6.45. The van der Waals surface area contributed by atoms with Crippen molar-refractivity contribution in [2.75, 3.05) is 50.2 Å². The quantitative estimate of drug-likeness (QED) is 0.695. The topological polar surface area (TPSA) is 107 Å². The van der Waals surface area contributed by atoms with Crippen molar-refractivity contribution < 1.29 is 17.9 Å². The zero-order chi connectivity index (χ0) is 22.6. The first-order valence-corrected chi connectivity index (χ1v) is 13.3. The van der Waals surface area contributed by atoms with Gasteiger partial charge in [0.05, 0.1) is 47.4 Å². The number of halogens is 1. The molecule has 2 aromatic heterocycles. The van der Waals surface area contributed by atoms with Gasteiger partial charge in [-0.15, -0.1) is 11.3 Å². The molecule has 172 valence electrons. The Labute approximate surface area is 196 Å². The van der Waals surface area contributed by atoms with E-state index in [1.165, 1.54) is 11.3 Å².